The van der Waals surface area contributed by atoms with Crippen LogP contribution in [0.25, 0.3) is 10.2 Å². The first kappa shape index (κ1) is 20.2. The van der Waals surface area contributed by atoms with Gasteiger partial charge in [-0.2, -0.15) is 0 Å². The van der Waals surface area contributed by atoms with Gasteiger partial charge in [-0.3, -0.25) is 0 Å². The lowest BCUT2D eigenvalue weighted by Crippen LogP contribution is -2.40. The van der Waals surface area contributed by atoms with Crippen molar-refractivity contribution in [3.8, 4) is 17.4 Å². The number of thiazole rings is 1. The predicted octanol–water partition coefficient (Wildman–Crippen LogP) is 4.70. The molecule has 0 bridgehead atoms. The van der Waals surface area contributed by atoms with Crippen LogP contribution in [0.1, 0.15) is 31.7 Å². The van der Waals surface area contributed by atoms with Gasteiger partial charge in [0.1, 0.15) is 23.1 Å². The number of urea groups is 1. The summed E-state index contributed by atoms with van der Waals surface area (Å²) in [5.74, 6) is 1.83. The smallest absolute Gasteiger partial charge is 0.312 e. The molecule has 2 heterocycles. The number of nitrogens with one attached hydrogen (secondary N) is 1. The van der Waals surface area contributed by atoms with Crippen LogP contribution in [0.15, 0.2) is 30.5 Å². The van der Waals surface area contributed by atoms with Crippen LogP contribution in [-0.4, -0.2) is 28.6 Å². The van der Waals surface area contributed by atoms with Crippen molar-refractivity contribution in [1.82, 2.24) is 15.3 Å². The predicted molar refractivity (Wildman–Crippen MR) is 111 cm³/mol. The Balaban J connectivity index is 1.68. The molecule has 3 rings (SSSR count). The van der Waals surface area contributed by atoms with Gasteiger partial charge in [-0.1, -0.05) is 25.4 Å². The Bertz CT molecular complexity index is 975. The molecule has 28 heavy (non-hydrogen) atoms. The number of aromatic nitrogens is 2. The highest BCUT2D eigenvalue weighted by molar-refractivity contribution is 7.19. The molecule has 0 spiro atoms. The van der Waals surface area contributed by atoms with Gasteiger partial charge in [-0.05, 0) is 25.1 Å². The molecule has 0 saturated carbocycles. The lowest BCUT2D eigenvalue weighted by Gasteiger charge is -2.13. The lowest BCUT2D eigenvalue weighted by molar-refractivity contribution is 0.231. The molecule has 1 aromatic carbocycles. The highest BCUT2D eigenvalue weighted by Gasteiger charge is 2.14. The molecule has 0 fully saturated rings. The Morgan fingerprint density at radius 2 is 2.07 bits per heavy atom. The first-order valence-electron chi connectivity index (χ1n) is 8.75. The van der Waals surface area contributed by atoms with Crippen molar-refractivity contribution in [2.24, 2.45) is 5.73 Å². The fourth-order valence-corrected chi connectivity index (χ4v) is 3.73. The summed E-state index contributed by atoms with van der Waals surface area (Å²) in [4.78, 5) is 19.6. The largest absolute Gasteiger partial charge is 0.475 e. The van der Waals surface area contributed by atoms with Gasteiger partial charge in [0.15, 0.2) is 0 Å². The summed E-state index contributed by atoms with van der Waals surface area (Å²) in [6.45, 7) is 6.23. The van der Waals surface area contributed by atoms with Crippen LogP contribution >= 0.6 is 22.9 Å². The van der Waals surface area contributed by atoms with Crippen molar-refractivity contribution in [2.75, 3.05) is 6.61 Å². The van der Waals surface area contributed by atoms with Crippen molar-refractivity contribution in [1.29, 1.82) is 0 Å². The molecular formula is C19H21ClN4O3S. The fraction of sp³-hybridized carbons (Fsp3) is 0.316. The molecule has 148 valence electrons. The van der Waals surface area contributed by atoms with E-state index >= 15 is 0 Å². The minimum absolute atomic E-state index is 0.226. The highest BCUT2D eigenvalue weighted by atomic mass is 35.5. The number of halogens is 1. The van der Waals surface area contributed by atoms with Crippen LogP contribution in [0.2, 0.25) is 5.02 Å². The molecule has 2 aromatic heterocycles. The van der Waals surface area contributed by atoms with Gasteiger partial charge in [0.05, 0.1) is 27.5 Å². The molecule has 0 saturated heterocycles. The molecule has 7 nitrogen and oxygen atoms in total. The third kappa shape index (κ3) is 4.82. The number of carbonyl (C=O) groups is 1. The van der Waals surface area contributed by atoms with Crippen LogP contribution in [0.4, 0.5) is 4.79 Å². The Labute approximate surface area is 171 Å². The SMILES string of the molecule is CC(C)c1nc2ccc(Oc3ccc(OC[C@H](C)NC(N)=O)nc3)c(Cl)c2s1. The zero-order chi connectivity index (χ0) is 20.3. The summed E-state index contributed by atoms with van der Waals surface area (Å²) in [6, 6.07) is 6.30. The maximum atomic E-state index is 10.8. The quantitative estimate of drug-likeness (QED) is 0.577. The van der Waals surface area contributed by atoms with E-state index in [0.717, 1.165) is 15.2 Å². The molecule has 3 N–H and O–H groups in total. The van der Waals surface area contributed by atoms with E-state index < -0.39 is 6.03 Å². The number of primary amides is 1. The first-order chi connectivity index (χ1) is 13.3. The van der Waals surface area contributed by atoms with E-state index in [2.05, 4.69) is 29.1 Å². The monoisotopic (exact) mass is 420 g/mol. The number of nitrogens with zero attached hydrogens (tertiary/aromatic N) is 2. The Morgan fingerprint density at radius 1 is 1.29 bits per heavy atom. The van der Waals surface area contributed by atoms with Crippen LogP contribution in [0.3, 0.4) is 0 Å². The van der Waals surface area contributed by atoms with E-state index in [1.54, 1.807) is 42.7 Å². The number of hydrogen-bond donors (Lipinski definition) is 2. The minimum atomic E-state index is -0.594. The van der Waals surface area contributed by atoms with Crippen molar-refractivity contribution < 1.29 is 14.3 Å². The molecular weight excluding hydrogens is 400 g/mol. The molecule has 2 amide bonds. The Hall–Kier alpha value is -2.58. The van der Waals surface area contributed by atoms with E-state index in [4.69, 9.17) is 26.8 Å². The fourth-order valence-electron chi connectivity index (χ4n) is 2.42. The number of benzene rings is 1. The van der Waals surface area contributed by atoms with Crippen LogP contribution in [0, 0.1) is 0 Å². The number of rotatable bonds is 7. The summed E-state index contributed by atoms with van der Waals surface area (Å²) in [6.07, 6.45) is 1.55. The Kier molecular flexibility index (Phi) is 6.21. The third-order valence-electron chi connectivity index (χ3n) is 3.78. The maximum Gasteiger partial charge on any atom is 0.312 e. The average Bonchev–Trinajstić information content (AvgIpc) is 3.08. The second-order valence-electron chi connectivity index (χ2n) is 6.59. The third-order valence-corrected chi connectivity index (χ3v) is 5.66. The van der Waals surface area contributed by atoms with Crippen LogP contribution < -0.4 is 20.5 Å². The van der Waals surface area contributed by atoms with Gasteiger partial charge in [-0.25, -0.2) is 14.8 Å². The van der Waals surface area contributed by atoms with E-state index in [1.165, 1.54) is 0 Å². The number of fused-ring (bicyclic) bond motifs is 1. The molecule has 0 unspecified atom stereocenters. The summed E-state index contributed by atoms with van der Waals surface area (Å²) in [5, 5.41) is 4.10. The lowest BCUT2D eigenvalue weighted by atomic mass is 10.2. The first-order valence-corrected chi connectivity index (χ1v) is 9.94. The van der Waals surface area contributed by atoms with Crippen molar-refractivity contribution in [3.05, 3.63) is 40.5 Å². The van der Waals surface area contributed by atoms with E-state index in [-0.39, 0.29) is 12.6 Å². The minimum Gasteiger partial charge on any atom is -0.475 e. The molecule has 0 aliphatic rings. The summed E-state index contributed by atoms with van der Waals surface area (Å²) in [5.41, 5.74) is 5.93. The topological polar surface area (TPSA) is 99.4 Å². The molecule has 0 radical (unpaired) electrons. The van der Waals surface area contributed by atoms with Gasteiger partial charge in [0, 0.05) is 12.0 Å². The molecule has 9 heteroatoms. The zero-order valence-corrected chi connectivity index (χ0v) is 17.3. The number of nitrogens with two attached hydrogens (primary N) is 1. The average molecular weight is 421 g/mol. The number of hydrogen-bond acceptors (Lipinski definition) is 6. The summed E-state index contributed by atoms with van der Waals surface area (Å²) in [7, 11) is 0. The van der Waals surface area contributed by atoms with Crippen molar-refractivity contribution >= 4 is 39.2 Å². The Morgan fingerprint density at radius 3 is 2.71 bits per heavy atom. The number of ether oxygens (including phenoxy) is 2. The number of pyridine rings is 1. The van der Waals surface area contributed by atoms with E-state index in [1.807, 2.05) is 6.07 Å². The van der Waals surface area contributed by atoms with Crippen LogP contribution in [-0.2, 0) is 0 Å². The molecule has 0 aliphatic carbocycles. The molecule has 0 aliphatic heterocycles. The van der Waals surface area contributed by atoms with Gasteiger partial charge in [0.2, 0.25) is 5.88 Å². The second kappa shape index (κ2) is 8.62. The highest BCUT2D eigenvalue weighted by Crippen LogP contribution is 2.39. The van der Waals surface area contributed by atoms with Gasteiger partial charge < -0.3 is 20.5 Å². The molecule has 1 atom stereocenters. The zero-order valence-electron chi connectivity index (χ0n) is 15.7. The van der Waals surface area contributed by atoms with Gasteiger partial charge in [-0.15, -0.1) is 11.3 Å². The number of amides is 2. The summed E-state index contributed by atoms with van der Waals surface area (Å²) >= 11 is 8.10. The number of carbonyl (C=O) groups excluding carboxylic acids is 1. The summed E-state index contributed by atoms with van der Waals surface area (Å²) < 4.78 is 12.3. The van der Waals surface area contributed by atoms with Crippen molar-refractivity contribution in [3.63, 3.8) is 0 Å². The van der Waals surface area contributed by atoms with Gasteiger partial charge in [0.25, 0.3) is 0 Å². The van der Waals surface area contributed by atoms with E-state index in [0.29, 0.717) is 28.3 Å². The normalized spacial score (nSPS) is 12.2. The standard InChI is InChI=1S/C19H21ClN4O3S/c1-10(2)18-24-13-5-6-14(16(20)17(13)28-18)27-12-4-7-15(22-8-12)26-9-11(3)23-19(21)25/h4-8,10-11H,9H2,1-3H3,(H3,21,23,25)/t11-/m0/s1. The van der Waals surface area contributed by atoms with Gasteiger partial charge >= 0.3 is 6.03 Å². The maximum absolute atomic E-state index is 10.8. The van der Waals surface area contributed by atoms with Crippen LogP contribution in [0.5, 0.6) is 17.4 Å². The second-order valence-corrected chi connectivity index (χ2v) is 8.00. The van der Waals surface area contributed by atoms with E-state index in [9.17, 15) is 4.79 Å². The molecule has 3 aromatic rings. The van der Waals surface area contributed by atoms with Crippen molar-refractivity contribution in [2.45, 2.75) is 32.7 Å².